The molecule has 1 atom stereocenters. The Labute approximate surface area is 91.7 Å². The van der Waals surface area contributed by atoms with Gasteiger partial charge in [0.2, 0.25) is 5.91 Å². The summed E-state index contributed by atoms with van der Waals surface area (Å²) < 4.78 is 0. The Morgan fingerprint density at radius 3 is 2.79 bits per heavy atom. The summed E-state index contributed by atoms with van der Waals surface area (Å²) in [4.78, 5) is 11.4. The van der Waals surface area contributed by atoms with E-state index in [0.29, 0.717) is 6.04 Å². The van der Waals surface area contributed by atoms with E-state index in [2.05, 4.69) is 10.6 Å². The monoisotopic (exact) mass is 218 g/mol. The summed E-state index contributed by atoms with van der Waals surface area (Å²) >= 11 is 0. The summed E-state index contributed by atoms with van der Waals surface area (Å²) in [5, 5.41) is 6.26. The predicted molar refractivity (Wildman–Crippen MR) is 60.7 cm³/mol. The third-order valence-corrected chi connectivity index (χ3v) is 2.42. The second kappa shape index (κ2) is 6.85. The van der Waals surface area contributed by atoms with Gasteiger partial charge in [0.15, 0.2) is 0 Å². The van der Waals surface area contributed by atoms with Crippen LogP contribution in [0.25, 0.3) is 0 Å². The van der Waals surface area contributed by atoms with Gasteiger partial charge in [0.05, 0.1) is 0 Å². The van der Waals surface area contributed by atoms with Crippen molar-refractivity contribution in [3.8, 4) is 0 Å². The summed E-state index contributed by atoms with van der Waals surface area (Å²) in [7, 11) is 0. The average Bonchev–Trinajstić information content (AvgIpc) is 2.18. The van der Waals surface area contributed by atoms with Crippen LogP contribution in [0.5, 0.6) is 0 Å². The van der Waals surface area contributed by atoms with Gasteiger partial charge in [-0.25, -0.2) is 0 Å². The van der Waals surface area contributed by atoms with Crippen LogP contribution in [-0.2, 0) is 4.79 Å². The number of rotatable bonds is 2. The van der Waals surface area contributed by atoms with Crippen LogP contribution in [0.1, 0.15) is 26.7 Å². The van der Waals surface area contributed by atoms with E-state index in [1.54, 1.807) is 0 Å². The zero-order valence-electron chi connectivity index (χ0n) is 8.80. The van der Waals surface area contributed by atoms with Crippen molar-refractivity contribution in [3.05, 3.63) is 11.6 Å². The van der Waals surface area contributed by atoms with Gasteiger partial charge < -0.3 is 10.6 Å². The number of hydrogen-bond donors (Lipinski definition) is 2. The average molecular weight is 219 g/mol. The molecule has 0 radical (unpaired) electrons. The van der Waals surface area contributed by atoms with Crippen LogP contribution < -0.4 is 10.6 Å². The summed E-state index contributed by atoms with van der Waals surface area (Å²) in [5.41, 5.74) is 0.797. The van der Waals surface area contributed by atoms with Gasteiger partial charge in [-0.2, -0.15) is 0 Å². The molecule has 0 unspecified atom stereocenters. The highest BCUT2D eigenvalue weighted by Gasteiger charge is 2.15. The minimum atomic E-state index is 0. The maximum absolute atomic E-state index is 11.4. The third kappa shape index (κ3) is 4.11. The fraction of sp³-hybridized carbons (Fsp3) is 0.700. The number of nitrogens with one attached hydrogen (secondary N) is 2. The number of carbonyl (C=O) groups excluding carboxylic acids is 1. The van der Waals surface area contributed by atoms with Crippen LogP contribution in [0, 0.1) is 0 Å². The van der Waals surface area contributed by atoms with Gasteiger partial charge in [0, 0.05) is 18.2 Å². The first-order chi connectivity index (χ1) is 6.24. The normalized spacial score (nSPS) is 22.4. The molecule has 14 heavy (non-hydrogen) atoms. The second-order valence-electron chi connectivity index (χ2n) is 3.49. The molecule has 1 saturated heterocycles. The first-order valence-electron chi connectivity index (χ1n) is 4.88. The van der Waals surface area contributed by atoms with Crippen molar-refractivity contribution in [1.29, 1.82) is 0 Å². The molecule has 3 nitrogen and oxygen atoms in total. The van der Waals surface area contributed by atoms with Crippen molar-refractivity contribution in [2.24, 2.45) is 0 Å². The Balaban J connectivity index is 0.00000169. The lowest BCUT2D eigenvalue weighted by molar-refractivity contribution is -0.118. The Bertz CT molecular complexity index is 210. The molecule has 1 fully saturated rings. The number of carbonyl (C=O) groups is 1. The van der Waals surface area contributed by atoms with Crippen LogP contribution in [0.15, 0.2) is 11.6 Å². The van der Waals surface area contributed by atoms with E-state index in [1.807, 2.05) is 19.9 Å². The van der Waals surface area contributed by atoms with Gasteiger partial charge in [0.1, 0.15) is 0 Å². The Hall–Kier alpha value is -0.540. The highest BCUT2D eigenvalue weighted by Crippen LogP contribution is 2.02. The Kier molecular flexibility index (Phi) is 6.58. The SMILES string of the molecule is C/C=C(/C)C(=O)N[C@H]1CCCNC1.Cl. The maximum Gasteiger partial charge on any atom is 0.246 e. The zero-order valence-corrected chi connectivity index (χ0v) is 9.62. The fourth-order valence-electron chi connectivity index (χ4n) is 1.41. The first-order valence-corrected chi connectivity index (χ1v) is 4.88. The third-order valence-electron chi connectivity index (χ3n) is 2.42. The minimum Gasteiger partial charge on any atom is -0.348 e. The number of amides is 1. The van der Waals surface area contributed by atoms with Gasteiger partial charge in [0.25, 0.3) is 0 Å². The van der Waals surface area contributed by atoms with Crippen molar-refractivity contribution in [2.45, 2.75) is 32.7 Å². The van der Waals surface area contributed by atoms with Crippen LogP contribution in [-0.4, -0.2) is 25.0 Å². The lowest BCUT2D eigenvalue weighted by atomic mass is 10.1. The summed E-state index contributed by atoms with van der Waals surface area (Å²) in [6.45, 7) is 5.71. The van der Waals surface area contributed by atoms with E-state index in [-0.39, 0.29) is 18.3 Å². The molecule has 0 aromatic rings. The molecule has 4 heteroatoms. The predicted octanol–water partition coefficient (Wildman–Crippen LogP) is 1.24. The van der Waals surface area contributed by atoms with Gasteiger partial charge in [-0.05, 0) is 33.2 Å². The lowest BCUT2D eigenvalue weighted by Crippen LogP contribution is -2.45. The molecule has 1 aliphatic rings. The highest BCUT2D eigenvalue weighted by atomic mass is 35.5. The van der Waals surface area contributed by atoms with Crippen LogP contribution in [0.2, 0.25) is 0 Å². The van der Waals surface area contributed by atoms with Crippen molar-refractivity contribution >= 4 is 18.3 Å². The van der Waals surface area contributed by atoms with Crippen LogP contribution in [0.4, 0.5) is 0 Å². The van der Waals surface area contributed by atoms with Crippen molar-refractivity contribution in [2.75, 3.05) is 13.1 Å². The molecule has 0 aromatic carbocycles. The molecule has 0 bridgehead atoms. The molecule has 1 amide bonds. The van der Waals surface area contributed by atoms with Crippen molar-refractivity contribution in [3.63, 3.8) is 0 Å². The molecule has 1 heterocycles. The van der Waals surface area contributed by atoms with Gasteiger partial charge in [-0.15, -0.1) is 12.4 Å². The summed E-state index contributed by atoms with van der Waals surface area (Å²) in [6.07, 6.45) is 4.08. The van der Waals surface area contributed by atoms with E-state index in [9.17, 15) is 4.79 Å². The number of halogens is 1. The second-order valence-corrected chi connectivity index (χ2v) is 3.49. The first kappa shape index (κ1) is 13.5. The van der Waals surface area contributed by atoms with E-state index in [1.165, 1.54) is 0 Å². The van der Waals surface area contributed by atoms with Gasteiger partial charge >= 0.3 is 0 Å². The van der Waals surface area contributed by atoms with E-state index in [4.69, 9.17) is 0 Å². The fourth-order valence-corrected chi connectivity index (χ4v) is 1.41. The van der Waals surface area contributed by atoms with E-state index < -0.39 is 0 Å². The van der Waals surface area contributed by atoms with Gasteiger partial charge in [-0.1, -0.05) is 6.08 Å². The lowest BCUT2D eigenvalue weighted by Gasteiger charge is -2.23. The minimum absolute atomic E-state index is 0. The molecular formula is C10H19ClN2O. The smallest absolute Gasteiger partial charge is 0.246 e. The molecule has 0 saturated carbocycles. The molecule has 0 aromatic heterocycles. The number of piperidine rings is 1. The quantitative estimate of drug-likeness (QED) is 0.685. The molecule has 1 aliphatic heterocycles. The van der Waals surface area contributed by atoms with Crippen LogP contribution in [0.3, 0.4) is 0 Å². The molecule has 0 aliphatic carbocycles. The van der Waals surface area contributed by atoms with Crippen LogP contribution >= 0.6 is 12.4 Å². The Morgan fingerprint density at radius 1 is 1.57 bits per heavy atom. The van der Waals surface area contributed by atoms with E-state index >= 15 is 0 Å². The highest BCUT2D eigenvalue weighted by molar-refractivity contribution is 5.92. The topological polar surface area (TPSA) is 41.1 Å². The summed E-state index contributed by atoms with van der Waals surface area (Å²) in [6, 6.07) is 0.316. The Morgan fingerprint density at radius 2 is 2.29 bits per heavy atom. The maximum atomic E-state index is 11.4. The molecule has 82 valence electrons. The van der Waals surface area contributed by atoms with Crippen molar-refractivity contribution in [1.82, 2.24) is 10.6 Å². The molecule has 1 rings (SSSR count). The zero-order chi connectivity index (χ0) is 9.68. The standard InChI is InChI=1S/C10H18N2O.ClH/c1-3-8(2)10(13)12-9-5-4-6-11-7-9;/h3,9,11H,4-7H2,1-2H3,(H,12,13);1H/b8-3-;/t9-;/m0./s1. The van der Waals surface area contributed by atoms with Gasteiger partial charge in [-0.3, -0.25) is 4.79 Å². The number of hydrogen-bond acceptors (Lipinski definition) is 2. The molecule has 2 N–H and O–H groups in total. The molecular weight excluding hydrogens is 200 g/mol. The summed E-state index contributed by atoms with van der Waals surface area (Å²) in [5.74, 6) is 0.0659. The van der Waals surface area contributed by atoms with Crippen molar-refractivity contribution < 1.29 is 4.79 Å². The van der Waals surface area contributed by atoms with E-state index in [0.717, 1.165) is 31.5 Å². The largest absolute Gasteiger partial charge is 0.348 e. The number of allylic oxidation sites excluding steroid dienone is 1. The molecule has 0 spiro atoms.